The summed E-state index contributed by atoms with van der Waals surface area (Å²) in [5, 5.41) is 11.5. The normalized spacial score (nSPS) is 11.4. The highest BCUT2D eigenvalue weighted by atomic mass is 35.5. The van der Waals surface area contributed by atoms with E-state index in [0.717, 1.165) is 23.1 Å². The third-order valence-corrected chi connectivity index (χ3v) is 3.66. The molecule has 0 aliphatic rings. The van der Waals surface area contributed by atoms with Gasteiger partial charge in [-0.2, -0.15) is 11.3 Å². The third kappa shape index (κ3) is 4.87. The zero-order chi connectivity index (χ0) is 14.2. The number of benzene rings is 1. The molecule has 1 aromatic carbocycles. The van der Waals surface area contributed by atoms with Crippen molar-refractivity contribution in [3.8, 4) is 0 Å². The van der Waals surface area contributed by atoms with E-state index in [9.17, 15) is 0 Å². The summed E-state index contributed by atoms with van der Waals surface area (Å²) in [6.07, 6.45) is 0. The summed E-state index contributed by atoms with van der Waals surface area (Å²) >= 11 is 7.67. The second kappa shape index (κ2) is 7.92. The maximum atomic E-state index is 5.98. The monoisotopic (exact) mass is 307 g/mol. The van der Waals surface area contributed by atoms with Crippen molar-refractivity contribution in [1.29, 1.82) is 0 Å². The van der Waals surface area contributed by atoms with Crippen molar-refractivity contribution in [2.75, 3.05) is 6.54 Å². The minimum Gasteiger partial charge on any atom is -0.357 e. The van der Waals surface area contributed by atoms with Crippen molar-refractivity contribution in [2.24, 2.45) is 4.99 Å². The molecule has 0 spiro atoms. The van der Waals surface area contributed by atoms with Gasteiger partial charge in [-0.1, -0.05) is 23.7 Å². The van der Waals surface area contributed by atoms with Crippen LogP contribution in [0.2, 0.25) is 5.02 Å². The van der Waals surface area contributed by atoms with Crippen molar-refractivity contribution in [3.63, 3.8) is 0 Å². The lowest BCUT2D eigenvalue weighted by Gasteiger charge is -2.11. The van der Waals surface area contributed by atoms with Gasteiger partial charge in [-0.15, -0.1) is 0 Å². The van der Waals surface area contributed by atoms with Gasteiger partial charge >= 0.3 is 0 Å². The molecule has 20 heavy (non-hydrogen) atoms. The van der Waals surface area contributed by atoms with Crippen LogP contribution < -0.4 is 10.6 Å². The van der Waals surface area contributed by atoms with E-state index in [1.165, 1.54) is 5.56 Å². The molecule has 3 nitrogen and oxygen atoms in total. The molecule has 2 aromatic rings. The summed E-state index contributed by atoms with van der Waals surface area (Å²) in [6.45, 7) is 4.29. The van der Waals surface area contributed by atoms with E-state index < -0.39 is 0 Å². The highest BCUT2D eigenvalue weighted by molar-refractivity contribution is 7.07. The van der Waals surface area contributed by atoms with Gasteiger partial charge in [0, 0.05) is 18.1 Å². The van der Waals surface area contributed by atoms with Crippen LogP contribution in [0.3, 0.4) is 0 Å². The van der Waals surface area contributed by atoms with Crippen LogP contribution in [0.5, 0.6) is 0 Å². The molecule has 1 heterocycles. The Labute approximate surface area is 128 Å². The van der Waals surface area contributed by atoms with Gasteiger partial charge in [0.15, 0.2) is 5.96 Å². The van der Waals surface area contributed by atoms with Crippen LogP contribution in [0.15, 0.2) is 46.1 Å². The predicted molar refractivity (Wildman–Crippen MR) is 87.4 cm³/mol. The fraction of sp³-hybridized carbons (Fsp3) is 0.267. The van der Waals surface area contributed by atoms with Gasteiger partial charge in [0.1, 0.15) is 0 Å². The largest absolute Gasteiger partial charge is 0.357 e. The molecule has 2 rings (SSSR count). The average Bonchev–Trinajstić information content (AvgIpc) is 2.95. The highest BCUT2D eigenvalue weighted by Gasteiger charge is 1.99. The first-order chi connectivity index (χ1) is 9.78. The number of hydrogen-bond donors (Lipinski definition) is 2. The first kappa shape index (κ1) is 14.9. The van der Waals surface area contributed by atoms with E-state index in [1.807, 2.05) is 24.3 Å². The van der Waals surface area contributed by atoms with Gasteiger partial charge in [-0.25, -0.2) is 4.99 Å². The number of thiophene rings is 1. The predicted octanol–water partition coefficient (Wildman–Crippen LogP) is 3.66. The molecule has 106 valence electrons. The Balaban J connectivity index is 1.93. The number of nitrogens with one attached hydrogen (secondary N) is 2. The maximum Gasteiger partial charge on any atom is 0.191 e. The number of guanidine groups is 1. The Bertz CT molecular complexity index is 552. The zero-order valence-electron chi connectivity index (χ0n) is 11.4. The summed E-state index contributed by atoms with van der Waals surface area (Å²) in [6, 6.07) is 9.92. The van der Waals surface area contributed by atoms with Gasteiger partial charge < -0.3 is 10.6 Å². The van der Waals surface area contributed by atoms with Gasteiger partial charge in [-0.05, 0) is 47.0 Å². The van der Waals surface area contributed by atoms with E-state index in [4.69, 9.17) is 11.6 Å². The van der Waals surface area contributed by atoms with Crippen LogP contribution in [0.4, 0.5) is 0 Å². The first-order valence-electron chi connectivity index (χ1n) is 6.55. The molecule has 5 heteroatoms. The quantitative estimate of drug-likeness (QED) is 0.653. The minimum absolute atomic E-state index is 0.689. The molecule has 0 amide bonds. The molecule has 0 bridgehead atoms. The molecule has 0 fully saturated rings. The summed E-state index contributed by atoms with van der Waals surface area (Å²) in [4.78, 5) is 4.56. The van der Waals surface area contributed by atoms with E-state index in [1.54, 1.807) is 11.3 Å². The molecule has 0 aliphatic heterocycles. The lowest BCUT2D eigenvalue weighted by atomic mass is 10.2. The van der Waals surface area contributed by atoms with Crippen molar-refractivity contribution >= 4 is 28.9 Å². The summed E-state index contributed by atoms with van der Waals surface area (Å²) in [5.74, 6) is 0.818. The van der Waals surface area contributed by atoms with E-state index in [-0.39, 0.29) is 0 Å². The Morgan fingerprint density at radius 3 is 2.85 bits per heavy atom. The Kier molecular flexibility index (Phi) is 5.89. The van der Waals surface area contributed by atoms with Crippen LogP contribution in [-0.4, -0.2) is 12.5 Å². The summed E-state index contributed by atoms with van der Waals surface area (Å²) < 4.78 is 0. The van der Waals surface area contributed by atoms with Crippen molar-refractivity contribution < 1.29 is 0 Å². The second-order valence-corrected chi connectivity index (χ2v) is 5.53. The van der Waals surface area contributed by atoms with Crippen molar-refractivity contribution in [3.05, 3.63) is 57.2 Å². The second-order valence-electron chi connectivity index (χ2n) is 4.31. The van der Waals surface area contributed by atoms with Crippen LogP contribution in [0.25, 0.3) is 0 Å². The van der Waals surface area contributed by atoms with E-state index in [0.29, 0.717) is 13.1 Å². The van der Waals surface area contributed by atoms with Gasteiger partial charge in [0.25, 0.3) is 0 Å². The number of halogens is 1. The lowest BCUT2D eigenvalue weighted by Crippen LogP contribution is -2.36. The third-order valence-electron chi connectivity index (χ3n) is 2.69. The van der Waals surface area contributed by atoms with E-state index >= 15 is 0 Å². The average molecular weight is 308 g/mol. The van der Waals surface area contributed by atoms with Crippen LogP contribution >= 0.6 is 22.9 Å². The summed E-state index contributed by atoms with van der Waals surface area (Å²) in [5.41, 5.74) is 2.37. The zero-order valence-corrected chi connectivity index (χ0v) is 13.0. The standard InChI is InChI=1S/C15H18ClN3S/c1-2-17-15(19-10-13-6-7-20-11-13)18-9-12-4-3-5-14(16)8-12/h3-8,11H,2,9-10H2,1H3,(H2,17,18,19). The highest BCUT2D eigenvalue weighted by Crippen LogP contribution is 2.10. The topological polar surface area (TPSA) is 36.4 Å². The molecular formula is C15H18ClN3S. The van der Waals surface area contributed by atoms with Gasteiger partial charge in [-0.3, -0.25) is 0 Å². The maximum absolute atomic E-state index is 5.98. The van der Waals surface area contributed by atoms with Crippen LogP contribution in [0.1, 0.15) is 18.1 Å². The fourth-order valence-electron chi connectivity index (χ4n) is 1.73. The molecule has 0 unspecified atom stereocenters. The Morgan fingerprint density at radius 2 is 2.15 bits per heavy atom. The molecule has 0 atom stereocenters. The van der Waals surface area contributed by atoms with E-state index in [2.05, 4.69) is 39.4 Å². The van der Waals surface area contributed by atoms with Crippen molar-refractivity contribution in [1.82, 2.24) is 10.6 Å². The molecule has 0 radical (unpaired) electrons. The first-order valence-corrected chi connectivity index (χ1v) is 7.87. The SMILES string of the molecule is CCNC(=NCc1ccsc1)NCc1cccc(Cl)c1. The molecule has 2 N–H and O–H groups in total. The molecular weight excluding hydrogens is 290 g/mol. The fourth-order valence-corrected chi connectivity index (χ4v) is 2.60. The molecule has 1 aromatic heterocycles. The lowest BCUT2D eigenvalue weighted by molar-refractivity contribution is 0.816. The number of aliphatic imine (C=N–C) groups is 1. The molecule has 0 aliphatic carbocycles. The number of nitrogens with zero attached hydrogens (tertiary/aromatic N) is 1. The smallest absolute Gasteiger partial charge is 0.191 e. The van der Waals surface area contributed by atoms with Crippen LogP contribution in [-0.2, 0) is 13.1 Å². The summed E-state index contributed by atoms with van der Waals surface area (Å²) in [7, 11) is 0. The van der Waals surface area contributed by atoms with Gasteiger partial charge in [0.05, 0.1) is 6.54 Å². The number of hydrogen-bond acceptors (Lipinski definition) is 2. The Morgan fingerprint density at radius 1 is 1.25 bits per heavy atom. The number of rotatable bonds is 5. The molecule has 0 saturated heterocycles. The van der Waals surface area contributed by atoms with Gasteiger partial charge in [0.2, 0.25) is 0 Å². The Hall–Kier alpha value is -1.52. The van der Waals surface area contributed by atoms with Crippen molar-refractivity contribution in [2.45, 2.75) is 20.0 Å². The van der Waals surface area contributed by atoms with Crippen LogP contribution in [0, 0.1) is 0 Å². The minimum atomic E-state index is 0.689. The molecule has 0 saturated carbocycles.